The fourth-order valence-corrected chi connectivity index (χ4v) is 3.53. The van der Waals surface area contributed by atoms with Crippen LogP contribution in [-0.2, 0) is 10.3 Å². The maximum atomic E-state index is 12.8. The Bertz CT molecular complexity index is 645. The van der Waals surface area contributed by atoms with E-state index in [1.165, 1.54) is 19.3 Å². The zero-order chi connectivity index (χ0) is 17.2. The van der Waals surface area contributed by atoms with Crippen molar-refractivity contribution in [3.05, 3.63) is 35.9 Å². The van der Waals surface area contributed by atoms with Gasteiger partial charge in [0.05, 0.1) is 0 Å². The van der Waals surface area contributed by atoms with Crippen molar-refractivity contribution >= 4 is 29.3 Å². The molecule has 1 aliphatic heterocycles. The van der Waals surface area contributed by atoms with E-state index in [9.17, 15) is 9.59 Å². The van der Waals surface area contributed by atoms with E-state index < -0.39 is 11.6 Å². The van der Waals surface area contributed by atoms with Gasteiger partial charge < -0.3 is 10.6 Å². The summed E-state index contributed by atoms with van der Waals surface area (Å²) in [5.74, 6) is -0.369. The largest absolute Gasteiger partial charge is 0.359 e. The van der Waals surface area contributed by atoms with Crippen LogP contribution in [0.1, 0.15) is 44.6 Å². The van der Waals surface area contributed by atoms with Crippen molar-refractivity contribution in [1.82, 2.24) is 21.1 Å². The summed E-state index contributed by atoms with van der Waals surface area (Å²) >= 11 is 5.27. The van der Waals surface area contributed by atoms with Crippen LogP contribution in [0.15, 0.2) is 30.3 Å². The average molecular weight is 346 g/mol. The number of carbonyl (C=O) groups is 2. The molecule has 0 unspecified atom stereocenters. The number of nitrogens with zero attached hydrogens (tertiary/aromatic N) is 1. The van der Waals surface area contributed by atoms with Crippen molar-refractivity contribution in [3.8, 4) is 0 Å². The minimum Gasteiger partial charge on any atom is -0.359 e. The summed E-state index contributed by atoms with van der Waals surface area (Å²) < 4.78 is 0. The third-order valence-corrected chi connectivity index (χ3v) is 4.90. The number of thiocarbonyl (C=S) groups is 1. The van der Waals surface area contributed by atoms with Crippen molar-refractivity contribution in [2.75, 3.05) is 0 Å². The van der Waals surface area contributed by atoms with Crippen molar-refractivity contribution in [1.29, 1.82) is 0 Å². The molecule has 1 heterocycles. The van der Waals surface area contributed by atoms with Gasteiger partial charge in [-0.05, 0) is 37.5 Å². The molecule has 0 spiro atoms. The van der Waals surface area contributed by atoms with Crippen LogP contribution in [0.4, 0.5) is 4.79 Å². The van der Waals surface area contributed by atoms with Gasteiger partial charge in [0.1, 0.15) is 5.54 Å². The number of rotatable bonds is 3. The van der Waals surface area contributed by atoms with Crippen LogP contribution in [0.2, 0.25) is 0 Å². The lowest BCUT2D eigenvalue weighted by Gasteiger charge is -2.26. The summed E-state index contributed by atoms with van der Waals surface area (Å²) in [5.41, 5.74) is 2.39. The minimum atomic E-state index is -1.09. The first kappa shape index (κ1) is 16.7. The Morgan fingerprint density at radius 2 is 1.88 bits per heavy atom. The molecule has 128 valence electrons. The van der Waals surface area contributed by atoms with Crippen molar-refractivity contribution < 1.29 is 9.59 Å². The Balaban J connectivity index is 1.67. The van der Waals surface area contributed by atoms with Crippen LogP contribution in [0.3, 0.4) is 0 Å². The number of hydrazine groups is 1. The molecule has 6 nitrogen and oxygen atoms in total. The summed E-state index contributed by atoms with van der Waals surface area (Å²) in [6.45, 7) is 1.70. The molecule has 2 aliphatic rings. The van der Waals surface area contributed by atoms with Gasteiger partial charge in [-0.3, -0.25) is 10.2 Å². The molecule has 1 aromatic rings. The lowest BCUT2D eigenvalue weighted by Crippen LogP contribution is -2.53. The third kappa shape index (κ3) is 3.21. The van der Waals surface area contributed by atoms with Crippen LogP contribution in [0, 0.1) is 0 Å². The van der Waals surface area contributed by atoms with Crippen LogP contribution >= 0.6 is 12.2 Å². The second-order valence-corrected chi connectivity index (χ2v) is 6.89. The van der Waals surface area contributed by atoms with Gasteiger partial charge in [-0.1, -0.05) is 49.6 Å². The van der Waals surface area contributed by atoms with Gasteiger partial charge in [-0.2, -0.15) is 5.01 Å². The highest BCUT2D eigenvalue weighted by atomic mass is 32.1. The molecule has 7 heteroatoms. The van der Waals surface area contributed by atoms with Gasteiger partial charge in [0.25, 0.3) is 5.91 Å². The molecule has 0 radical (unpaired) electrons. The van der Waals surface area contributed by atoms with Crippen molar-refractivity contribution in [2.45, 2.75) is 50.6 Å². The Morgan fingerprint density at radius 1 is 1.21 bits per heavy atom. The summed E-state index contributed by atoms with van der Waals surface area (Å²) in [7, 11) is 0. The number of amides is 3. The van der Waals surface area contributed by atoms with E-state index in [4.69, 9.17) is 12.2 Å². The Kier molecular flexibility index (Phi) is 4.71. The molecule has 1 atom stereocenters. The number of imide groups is 1. The number of urea groups is 1. The molecule has 2 fully saturated rings. The van der Waals surface area contributed by atoms with Crippen LogP contribution in [0.5, 0.6) is 0 Å². The molecule has 3 amide bonds. The Morgan fingerprint density at radius 3 is 2.54 bits per heavy atom. The Hall–Kier alpha value is -2.15. The highest BCUT2D eigenvalue weighted by Gasteiger charge is 2.49. The summed E-state index contributed by atoms with van der Waals surface area (Å²) in [6.07, 6.45) is 5.72. The highest BCUT2D eigenvalue weighted by molar-refractivity contribution is 7.80. The first-order chi connectivity index (χ1) is 11.5. The summed E-state index contributed by atoms with van der Waals surface area (Å²) in [4.78, 5) is 25.0. The number of hydrogen-bond donors (Lipinski definition) is 3. The van der Waals surface area contributed by atoms with E-state index in [0.29, 0.717) is 11.2 Å². The number of carbonyl (C=O) groups excluding carboxylic acids is 2. The monoisotopic (exact) mass is 346 g/mol. The van der Waals surface area contributed by atoms with E-state index in [1.54, 1.807) is 6.92 Å². The molecular formula is C17H22N4O2S. The van der Waals surface area contributed by atoms with Crippen molar-refractivity contribution in [3.63, 3.8) is 0 Å². The van der Waals surface area contributed by atoms with Gasteiger partial charge in [0.2, 0.25) is 0 Å². The van der Waals surface area contributed by atoms with Gasteiger partial charge in [-0.15, -0.1) is 0 Å². The molecule has 24 heavy (non-hydrogen) atoms. The second-order valence-electron chi connectivity index (χ2n) is 6.48. The van der Waals surface area contributed by atoms with E-state index in [2.05, 4.69) is 16.1 Å². The van der Waals surface area contributed by atoms with E-state index in [1.807, 2.05) is 30.3 Å². The maximum absolute atomic E-state index is 12.8. The van der Waals surface area contributed by atoms with Gasteiger partial charge in [-0.25, -0.2) is 4.79 Å². The minimum absolute atomic E-state index is 0.306. The first-order valence-electron chi connectivity index (χ1n) is 8.30. The molecule has 3 N–H and O–H groups in total. The lowest BCUT2D eigenvalue weighted by atomic mass is 9.92. The molecular weight excluding hydrogens is 324 g/mol. The quantitative estimate of drug-likeness (QED) is 0.578. The van der Waals surface area contributed by atoms with Crippen LogP contribution in [0.25, 0.3) is 0 Å². The molecule has 1 aromatic carbocycles. The SMILES string of the molecule is C[C@@]1(c2ccccc2)NC(=O)N(NC(=S)NC2CCCCC2)C1=O. The smallest absolute Gasteiger partial charge is 0.344 e. The predicted octanol–water partition coefficient (Wildman–Crippen LogP) is 2.17. The lowest BCUT2D eigenvalue weighted by molar-refractivity contribution is -0.132. The number of benzene rings is 1. The van der Waals surface area contributed by atoms with Gasteiger partial charge in [0, 0.05) is 6.04 Å². The van der Waals surface area contributed by atoms with Crippen molar-refractivity contribution in [2.24, 2.45) is 0 Å². The molecule has 0 bridgehead atoms. The normalized spacial score (nSPS) is 24.6. The third-order valence-electron chi connectivity index (χ3n) is 4.70. The maximum Gasteiger partial charge on any atom is 0.344 e. The molecule has 1 saturated carbocycles. The Labute approximate surface area is 146 Å². The zero-order valence-corrected chi connectivity index (χ0v) is 14.5. The average Bonchev–Trinajstić information content (AvgIpc) is 2.81. The number of nitrogens with one attached hydrogen (secondary N) is 3. The van der Waals surface area contributed by atoms with Crippen LogP contribution < -0.4 is 16.1 Å². The fourth-order valence-electron chi connectivity index (χ4n) is 3.27. The van der Waals surface area contributed by atoms with E-state index in [0.717, 1.165) is 23.4 Å². The molecule has 3 rings (SSSR count). The topological polar surface area (TPSA) is 73.5 Å². The molecule has 1 aliphatic carbocycles. The van der Waals surface area contributed by atoms with Gasteiger partial charge in [0.15, 0.2) is 5.11 Å². The van der Waals surface area contributed by atoms with E-state index in [-0.39, 0.29) is 5.91 Å². The zero-order valence-electron chi connectivity index (χ0n) is 13.7. The highest BCUT2D eigenvalue weighted by Crippen LogP contribution is 2.27. The summed E-state index contributed by atoms with van der Waals surface area (Å²) in [5, 5.41) is 7.21. The van der Waals surface area contributed by atoms with Gasteiger partial charge >= 0.3 is 6.03 Å². The predicted molar refractivity (Wildman–Crippen MR) is 94.9 cm³/mol. The standard InChI is InChI=1S/C17H22N4O2S/c1-17(12-8-4-2-5-9-12)14(22)21(16(23)19-17)20-15(24)18-13-10-6-3-7-11-13/h2,4-5,8-9,13H,3,6-7,10-11H2,1H3,(H,19,23)(H2,18,20,24)/t17-/m0/s1. The first-order valence-corrected chi connectivity index (χ1v) is 8.71. The fraction of sp³-hybridized carbons (Fsp3) is 0.471. The number of hydrogen-bond acceptors (Lipinski definition) is 3. The second kappa shape index (κ2) is 6.76. The molecule has 0 aromatic heterocycles. The molecule has 1 saturated heterocycles. The summed E-state index contributed by atoms with van der Waals surface area (Å²) in [6, 6.07) is 8.99. The van der Waals surface area contributed by atoms with Crippen LogP contribution in [-0.4, -0.2) is 28.1 Å². The van der Waals surface area contributed by atoms with E-state index >= 15 is 0 Å².